The molecule has 0 saturated heterocycles. The van der Waals surface area contributed by atoms with Gasteiger partial charge in [-0.05, 0) is 32.6 Å². The summed E-state index contributed by atoms with van der Waals surface area (Å²) in [6.07, 6.45) is -0.700. The third kappa shape index (κ3) is 4.02. The van der Waals surface area contributed by atoms with Crippen molar-refractivity contribution in [1.82, 2.24) is 0 Å². The van der Waals surface area contributed by atoms with E-state index in [1.54, 1.807) is 0 Å². The van der Waals surface area contributed by atoms with Crippen molar-refractivity contribution in [3.8, 4) is 0 Å². The van der Waals surface area contributed by atoms with Crippen molar-refractivity contribution in [2.45, 2.75) is 70.1 Å². The second-order valence-corrected chi connectivity index (χ2v) is 6.63. The number of rotatable bonds is 3. The summed E-state index contributed by atoms with van der Waals surface area (Å²) in [5.41, 5.74) is 0.158. The first-order valence-corrected chi connectivity index (χ1v) is 7.81. The smallest absolute Gasteiger partial charge is 0.248 e. The van der Waals surface area contributed by atoms with Crippen LogP contribution in [-0.2, 0) is 4.79 Å². The molecule has 0 unspecified atom stereocenters. The van der Waals surface area contributed by atoms with E-state index in [1.807, 2.05) is 0 Å². The number of aliphatic hydroxyl groups is 1. The van der Waals surface area contributed by atoms with Crippen LogP contribution < -0.4 is 0 Å². The summed E-state index contributed by atoms with van der Waals surface area (Å²) in [7, 11) is 0. The van der Waals surface area contributed by atoms with Crippen LogP contribution in [0.3, 0.4) is 0 Å². The van der Waals surface area contributed by atoms with Crippen LogP contribution in [0, 0.1) is 11.8 Å². The van der Waals surface area contributed by atoms with Gasteiger partial charge in [0.05, 0.1) is 0 Å². The van der Waals surface area contributed by atoms with E-state index in [1.165, 1.54) is 6.92 Å². The molecule has 2 aliphatic rings. The Kier molecular flexibility index (Phi) is 4.87. The molecule has 22 heavy (non-hydrogen) atoms. The highest BCUT2D eigenvalue weighted by atomic mass is 19.3. The van der Waals surface area contributed by atoms with E-state index in [-0.39, 0.29) is 68.5 Å². The van der Waals surface area contributed by atoms with Gasteiger partial charge in [0.1, 0.15) is 5.76 Å². The van der Waals surface area contributed by atoms with Gasteiger partial charge < -0.3 is 5.11 Å². The second-order valence-electron chi connectivity index (χ2n) is 6.63. The fourth-order valence-electron chi connectivity index (χ4n) is 3.35. The van der Waals surface area contributed by atoms with E-state index in [9.17, 15) is 27.5 Å². The zero-order valence-electron chi connectivity index (χ0n) is 12.7. The van der Waals surface area contributed by atoms with Gasteiger partial charge in [-0.2, -0.15) is 0 Å². The number of aliphatic hydroxyl groups excluding tert-OH is 1. The molecular formula is C16H22F4O2. The molecule has 2 nitrogen and oxygen atoms in total. The van der Waals surface area contributed by atoms with E-state index in [0.29, 0.717) is 0 Å². The Balaban J connectivity index is 2.00. The molecule has 0 spiro atoms. The predicted molar refractivity (Wildman–Crippen MR) is 74.1 cm³/mol. The van der Waals surface area contributed by atoms with Crippen molar-refractivity contribution in [1.29, 1.82) is 0 Å². The third-order valence-electron chi connectivity index (χ3n) is 4.95. The Hall–Kier alpha value is -1.07. The minimum absolute atomic E-state index is 0.110. The Morgan fingerprint density at radius 2 is 1.23 bits per heavy atom. The Morgan fingerprint density at radius 1 is 0.864 bits per heavy atom. The minimum Gasteiger partial charge on any atom is -0.512 e. The molecule has 126 valence electrons. The molecule has 2 rings (SSSR count). The molecule has 2 saturated carbocycles. The zero-order chi connectivity index (χ0) is 16.5. The van der Waals surface area contributed by atoms with Crippen molar-refractivity contribution in [3.63, 3.8) is 0 Å². The van der Waals surface area contributed by atoms with Crippen LogP contribution in [0.15, 0.2) is 11.3 Å². The van der Waals surface area contributed by atoms with Crippen LogP contribution in [0.5, 0.6) is 0 Å². The monoisotopic (exact) mass is 322 g/mol. The Morgan fingerprint density at radius 3 is 1.64 bits per heavy atom. The zero-order valence-corrected chi connectivity index (χ0v) is 12.7. The van der Waals surface area contributed by atoms with Gasteiger partial charge in [0.15, 0.2) is 5.78 Å². The molecule has 0 amide bonds. The number of halogens is 4. The summed E-state index contributed by atoms with van der Waals surface area (Å²) < 4.78 is 52.5. The molecule has 0 aromatic carbocycles. The molecule has 0 radical (unpaired) electrons. The van der Waals surface area contributed by atoms with Crippen molar-refractivity contribution >= 4 is 5.78 Å². The largest absolute Gasteiger partial charge is 0.512 e. The van der Waals surface area contributed by atoms with Gasteiger partial charge in [-0.15, -0.1) is 0 Å². The normalized spacial score (nSPS) is 27.3. The first-order valence-electron chi connectivity index (χ1n) is 7.81. The summed E-state index contributed by atoms with van der Waals surface area (Å²) in [5, 5.41) is 10.2. The van der Waals surface area contributed by atoms with Crippen LogP contribution in [-0.4, -0.2) is 22.7 Å². The van der Waals surface area contributed by atoms with E-state index in [4.69, 9.17) is 0 Å². The summed E-state index contributed by atoms with van der Waals surface area (Å²) >= 11 is 0. The fraction of sp³-hybridized carbons (Fsp3) is 0.812. The summed E-state index contributed by atoms with van der Waals surface area (Å²) in [4.78, 5) is 12.3. The van der Waals surface area contributed by atoms with Gasteiger partial charge >= 0.3 is 0 Å². The van der Waals surface area contributed by atoms with Gasteiger partial charge in [-0.1, -0.05) is 0 Å². The summed E-state index contributed by atoms with van der Waals surface area (Å²) in [5.74, 6) is -6.75. The molecule has 2 aliphatic carbocycles. The van der Waals surface area contributed by atoms with E-state index in [0.717, 1.165) is 0 Å². The molecule has 0 aliphatic heterocycles. The lowest BCUT2D eigenvalue weighted by molar-refractivity contribution is -0.123. The number of carbonyl (C=O) groups excluding carboxylic acids is 1. The van der Waals surface area contributed by atoms with Crippen LogP contribution >= 0.6 is 0 Å². The molecule has 2 fully saturated rings. The second kappa shape index (κ2) is 6.20. The molecule has 6 heteroatoms. The molecule has 0 atom stereocenters. The fourth-order valence-corrected chi connectivity index (χ4v) is 3.35. The standard InChI is InChI=1S/C16H22F4O2/c1-10(13(21)11-2-6-15(17,18)7-3-11)14(22)12-4-8-16(19,20)9-5-12/h11-12,21H,2-9H2,1H3/b13-10-. The van der Waals surface area contributed by atoms with Gasteiger partial charge in [0, 0.05) is 43.1 Å². The van der Waals surface area contributed by atoms with Gasteiger partial charge in [-0.25, -0.2) is 17.6 Å². The quantitative estimate of drug-likeness (QED) is 0.449. The van der Waals surface area contributed by atoms with E-state index in [2.05, 4.69) is 0 Å². The lowest BCUT2D eigenvalue weighted by Crippen LogP contribution is -2.30. The third-order valence-corrected chi connectivity index (χ3v) is 4.95. The Bertz CT molecular complexity index is 451. The van der Waals surface area contributed by atoms with Crippen LogP contribution in [0.2, 0.25) is 0 Å². The Labute approximate surface area is 127 Å². The van der Waals surface area contributed by atoms with Gasteiger partial charge in [0.25, 0.3) is 0 Å². The van der Waals surface area contributed by atoms with Crippen LogP contribution in [0.4, 0.5) is 17.6 Å². The minimum atomic E-state index is -2.70. The van der Waals surface area contributed by atoms with E-state index >= 15 is 0 Å². The van der Waals surface area contributed by atoms with Crippen LogP contribution in [0.1, 0.15) is 58.3 Å². The number of hydrogen-bond acceptors (Lipinski definition) is 2. The average molecular weight is 322 g/mol. The van der Waals surface area contributed by atoms with Crippen molar-refractivity contribution in [3.05, 3.63) is 11.3 Å². The molecule has 0 bridgehead atoms. The number of Topliss-reactive ketones (excluding diaryl/α,β-unsaturated/α-hetero) is 1. The number of carbonyl (C=O) groups is 1. The highest BCUT2D eigenvalue weighted by Crippen LogP contribution is 2.41. The maximum Gasteiger partial charge on any atom is 0.248 e. The molecule has 0 aromatic rings. The van der Waals surface area contributed by atoms with Crippen LogP contribution in [0.25, 0.3) is 0 Å². The topological polar surface area (TPSA) is 37.3 Å². The number of allylic oxidation sites excluding steroid dienone is 2. The van der Waals surface area contributed by atoms with Gasteiger partial charge in [-0.3, -0.25) is 4.79 Å². The highest BCUT2D eigenvalue weighted by Gasteiger charge is 2.40. The molecule has 1 N–H and O–H groups in total. The van der Waals surface area contributed by atoms with E-state index < -0.39 is 23.7 Å². The lowest BCUT2D eigenvalue weighted by atomic mass is 9.79. The number of ketones is 1. The maximum absolute atomic E-state index is 13.1. The van der Waals surface area contributed by atoms with Crippen molar-refractivity contribution in [2.75, 3.05) is 0 Å². The predicted octanol–water partition coefficient (Wildman–Crippen LogP) is 5.04. The number of alkyl halides is 4. The molecular weight excluding hydrogens is 300 g/mol. The first-order chi connectivity index (χ1) is 10.1. The van der Waals surface area contributed by atoms with Gasteiger partial charge in [0.2, 0.25) is 11.8 Å². The summed E-state index contributed by atoms with van der Waals surface area (Å²) in [6, 6.07) is 0. The summed E-state index contributed by atoms with van der Waals surface area (Å²) in [6.45, 7) is 1.47. The molecule has 0 heterocycles. The lowest BCUT2D eigenvalue weighted by Gasteiger charge is -2.30. The maximum atomic E-state index is 13.1. The highest BCUT2D eigenvalue weighted by molar-refractivity contribution is 5.97. The average Bonchev–Trinajstić information content (AvgIpc) is 2.45. The first kappa shape index (κ1) is 17.3. The SMILES string of the molecule is C/C(C(=O)C1CCC(F)(F)CC1)=C(/O)C1CCC(F)(F)CC1. The van der Waals surface area contributed by atoms with Crippen molar-refractivity contribution in [2.24, 2.45) is 11.8 Å². The molecule has 0 aromatic heterocycles. The number of hydrogen-bond donors (Lipinski definition) is 1. The van der Waals surface area contributed by atoms with Crippen molar-refractivity contribution < 1.29 is 27.5 Å².